The average molecular weight is 537 g/mol. The molecule has 0 unspecified atom stereocenters. The van der Waals surface area contributed by atoms with Gasteiger partial charge in [-0.15, -0.1) is 5.10 Å². The van der Waals surface area contributed by atoms with Crippen LogP contribution < -0.4 is 5.76 Å². The molecule has 0 spiro atoms. The van der Waals surface area contributed by atoms with Gasteiger partial charge in [-0.3, -0.25) is 4.79 Å². The molecule has 38 heavy (non-hydrogen) atoms. The number of aromatic amines is 1. The number of aromatic nitrogens is 6. The average Bonchev–Trinajstić information content (AvgIpc) is 3.53. The highest BCUT2D eigenvalue weighted by Gasteiger charge is 2.31. The molecule has 198 valence electrons. The third kappa shape index (κ3) is 4.90. The maximum absolute atomic E-state index is 13.9. The molecule has 4 aromatic rings. The molecule has 1 N–H and O–H groups in total. The van der Waals surface area contributed by atoms with Crippen LogP contribution in [0.5, 0.6) is 0 Å². The van der Waals surface area contributed by atoms with Crippen molar-refractivity contribution in [3.63, 3.8) is 0 Å². The van der Waals surface area contributed by atoms with Crippen LogP contribution in [0.1, 0.15) is 56.1 Å². The lowest BCUT2D eigenvalue weighted by Gasteiger charge is -2.27. The van der Waals surface area contributed by atoms with Crippen LogP contribution in [0.3, 0.4) is 0 Å². The molecule has 4 heterocycles. The Labute approximate surface area is 223 Å². The van der Waals surface area contributed by atoms with E-state index in [0.717, 1.165) is 18.4 Å². The maximum Gasteiger partial charge on any atom is 0.434 e. The predicted octanol–water partition coefficient (Wildman–Crippen LogP) is 4.93. The number of nitrogens with zero attached hydrogens (tertiary/aromatic N) is 5. The lowest BCUT2D eigenvalue weighted by molar-refractivity contribution is 0.0534. The second-order valence-corrected chi connectivity index (χ2v) is 10.9. The van der Waals surface area contributed by atoms with Gasteiger partial charge in [0.2, 0.25) is 11.6 Å². The summed E-state index contributed by atoms with van der Waals surface area (Å²) in [5, 5.41) is 6.72. The maximum atomic E-state index is 13.9. The summed E-state index contributed by atoms with van der Waals surface area (Å²) in [5.41, 5.74) is 2.33. The molecule has 2 fully saturated rings. The number of benzene rings is 1. The normalized spacial score (nSPS) is 20.7. The summed E-state index contributed by atoms with van der Waals surface area (Å²) in [6.07, 6.45) is 5.85. The smallest absolute Gasteiger partial charge is 0.384 e. The van der Waals surface area contributed by atoms with Gasteiger partial charge in [-0.1, -0.05) is 43.5 Å². The summed E-state index contributed by atoms with van der Waals surface area (Å²) in [7, 11) is 0. The van der Waals surface area contributed by atoms with E-state index in [0.29, 0.717) is 72.1 Å². The molecule has 1 aliphatic carbocycles. The van der Waals surface area contributed by atoms with Gasteiger partial charge < -0.3 is 13.7 Å². The van der Waals surface area contributed by atoms with E-state index in [9.17, 15) is 9.59 Å². The molecule has 1 saturated carbocycles. The lowest BCUT2D eigenvalue weighted by Crippen LogP contribution is -2.27. The number of halogens is 1. The fourth-order valence-corrected chi connectivity index (χ4v) is 5.76. The van der Waals surface area contributed by atoms with Crippen molar-refractivity contribution in [2.75, 3.05) is 13.2 Å². The molecule has 0 radical (unpaired) electrons. The zero-order valence-electron chi connectivity index (χ0n) is 21.2. The van der Waals surface area contributed by atoms with Crippen molar-refractivity contribution < 1.29 is 13.9 Å². The summed E-state index contributed by atoms with van der Waals surface area (Å²) in [4.78, 5) is 39.7. The molecule has 0 atom stereocenters. The Morgan fingerprint density at radius 2 is 1.89 bits per heavy atom. The van der Waals surface area contributed by atoms with Crippen molar-refractivity contribution in [3.05, 3.63) is 45.7 Å². The topological polar surface area (TPSA) is 129 Å². The fourth-order valence-electron chi connectivity index (χ4n) is 5.57. The van der Waals surface area contributed by atoms with Crippen LogP contribution in [-0.2, 0) is 11.3 Å². The Morgan fingerprint density at radius 3 is 2.61 bits per heavy atom. The number of carbonyl (C=O) groups excluding carboxylic acids is 1. The van der Waals surface area contributed by atoms with Crippen molar-refractivity contribution in [1.29, 1.82) is 0 Å². The standard InChI is InChI=1S/C27H29ClN6O4/c1-15-5-7-16(8-6-15)14-34-21-20(18-3-2-4-19(28)13-18)29-24(26-32-33-27(36)38-26)30-23(21)31-25(34)22(35)17-9-11-37-12-10-17/h2-4,13,15-17H,5-12,14H2,1H3,(H,33,36). The van der Waals surface area contributed by atoms with Crippen LogP contribution in [0.4, 0.5) is 0 Å². The number of ketones is 1. The quantitative estimate of drug-likeness (QED) is 0.343. The second kappa shape index (κ2) is 10.4. The molecular formula is C27H29ClN6O4. The van der Waals surface area contributed by atoms with Gasteiger partial charge in [0.1, 0.15) is 11.2 Å². The van der Waals surface area contributed by atoms with Crippen LogP contribution in [0.25, 0.3) is 34.1 Å². The van der Waals surface area contributed by atoms with Gasteiger partial charge in [0.25, 0.3) is 5.89 Å². The zero-order valence-corrected chi connectivity index (χ0v) is 21.9. The predicted molar refractivity (Wildman–Crippen MR) is 141 cm³/mol. The molecule has 10 nitrogen and oxygen atoms in total. The minimum atomic E-state index is -0.708. The van der Waals surface area contributed by atoms with Crippen molar-refractivity contribution in [2.24, 2.45) is 17.8 Å². The molecule has 1 saturated heterocycles. The summed E-state index contributed by atoms with van der Waals surface area (Å²) in [6, 6.07) is 7.35. The Kier molecular flexibility index (Phi) is 6.84. The highest BCUT2D eigenvalue weighted by atomic mass is 35.5. The van der Waals surface area contributed by atoms with Crippen LogP contribution in [0.2, 0.25) is 5.02 Å². The first kappa shape index (κ1) is 24.9. The Morgan fingerprint density at radius 1 is 1.11 bits per heavy atom. The Bertz CT molecular complexity index is 1530. The first-order chi connectivity index (χ1) is 18.5. The van der Waals surface area contributed by atoms with E-state index < -0.39 is 5.76 Å². The highest BCUT2D eigenvalue weighted by Crippen LogP contribution is 2.35. The van der Waals surface area contributed by atoms with Gasteiger partial charge in [0, 0.05) is 36.3 Å². The highest BCUT2D eigenvalue weighted by molar-refractivity contribution is 6.30. The minimum absolute atomic E-state index is 0.000345. The van der Waals surface area contributed by atoms with Crippen molar-refractivity contribution in [1.82, 2.24) is 29.7 Å². The summed E-state index contributed by atoms with van der Waals surface area (Å²) in [5.74, 6) is 0.716. The number of Topliss-reactive ketones (excluding diaryl/α,β-unsaturated/α-hetero) is 1. The number of H-pyrrole nitrogens is 1. The molecular weight excluding hydrogens is 508 g/mol. The number of hydrogen-bond donors (Lipinski definition) is 1. The van der Waals surface area contributed by atoms with Gasteiger partial charge in [0.15, 0.2) is 11.5 Å². The number of rotatable bonds is 6. The van der Waals surface area contributed by atoms with Crippen molar-refractivity contribution in [2.45, 2.75) is 52.0 Å². The molecule has 11 heteroatoms. The number of carbonyl (C=O) groups is 1. The number of ether oxygens (including phenoxy) is 1. The van der Waals surface area contributed by atoms with Crippen LogP contribution in [0, 0.1) is 17.8 Å². The van der Waals surface area contributed by atoms with Gasteiger partial charge in [-0.2, -0.15) is 0 Å². The van der Waals surface area contributed by atoms with E-state index in [-0.39, 0.29) is 23.4 Å². The summed E-state index contributed by atoms with van der Waals surface area (Å²) in [6.45, 7) is 4.07. The van der Waals surface area contributed by atoms with Crippen molar-refractivity contribution >= 4 is 28.5 Å². The molecule has 1 aromatic carbocycles. The molecule has 0 bridgehead atoms. The van der Waals surface area contributed by atoms with Crippen molar-refractivity contribution in [3.8, 4) is 23.0 Å². The van der Waals surface area contributed by atoms with Gasteiger partial charge in [0.05, 0.1) is 0 Å². The van der Waals surface area contributed by atoms with E-state index >= 15 is 0 Å². The SMILES string of the molecule is CC1CCC(Cn2c(C(=O)C3CCOCC3)nc3nc(-c4n[nH]c(=O)o4)nc(-c4cccc(Cl)c4)c32)CC1. The van der Waals surface area contributed by atoms with E-state index in [1.54, 1.807) is 6.07 Å². The number of imidazole rings is 1. The largest absolute Gasteiger partial charge is 0.434 e. The van der Waals surface area contributed by atoms with E-state index in [2.05, 4.69) is 22.1 Å². The van der Waals surface area contributed by atoms with E-state index in [1.165, 1.54) is 12.8 Å². The van der Waals surface area contributed by atoms with Gasteiger partial charge in [-0.05, 0) is 49.7 Å². The molecule has 6 rings (SSSR count). The number of fused-ring (bicyclic) bond motifs is 1. The number of hydrogen-bond acceptors (Lipinski definition) is 8. The molecule has 1 aliphatic heterocycles. The monoisotopic (exact) mass is 536 g/mol. The number of nitrogens with one attached hydrogen (secondary N) is 1. The van der Waals surface area contributed by atoms with Gasteiger partial charge >= 0.3 is 5.76 Å². The second-order valence-electron chi connectivity index (χ2n) is 10.4. The molecule has 2 aliphatic rings. The third-order valence-corrected chi connectivity index (χ3v) is 7.95. The van der Waals surface area contributed by atoms with E-state index in [1.807, 2.05) is 22.8 Å². The summed E-state index contributed by atoms with van der Waals surface area (Å²) >= 11 is 6.36. The molecule has 3 aromatic heterocycles. The zero-order chi connectivity index (χ0) is 26.2. The van der Waals surface area contributed by atoms with Crippen LogP contribution in [0.15, 0.2) is 33.5 Å². The first-order valence-corrected chi connectivity index (χ1v) is 13.6. The fraction of sp³-hybridized carbons (Fsp3) is 0.481. The van der Waals surface area contributed by atoms with E-state index in [4.69, 9.17) is 30.7 Å². The van der Waals surface area contributed by atoms with Gasteiger partial charge in [-0.25, -0.2) is 24.8 Å². The lowest BCUT2D eigenvalue weighted by atomic mass is 9.83. The molecule has 0 amide bonds. The summed E-state index contributed by atoms with van der Waals surface area (Å²) < 4.78 is 12.7. The van der Waals surface area contributed by atoms with Crippen LogP contribution in [-0.4, -0.2) is 48.7 Å². The minimum Gasteiger partial charge on any atom is -0.384 e. The third-order valence-electron chi connectivity index (χ3n) is 7.72. The first-order valence-electron chi connectivity index (χ1n) is 13.2. The Hall–Kier alpha value is -3.37. The Balaban J connectivity index is 1.56. The van der Waals surface area contributed by atoms with Crippen LogP contribution >= 0.6 is 11.6 Å².